The Balaban J connectivity index is 1.55. The van der Waals surface area contributed by atoms with Gasteiger partial charge in [-0.15, -0.1) is 0 Å². The van der Waals surface area contributed by atoms with Crippen LogP contribution in [0, 0.1) is 0 Å². The minimum absolute atomic E-state index is 0.171. The molecule has 1 aliphatic heterocycles. The van der Waals surface area contributed by atoms with Gasteiger partial charge >= 0.3 is 0 Å². The minimum Gasteiger partial charge on any atom is -0.493 e. The zero-order valence-corrected chi connectivity index (χ0v) is 22.0. The Morgan fingerprint density at radius 1 is 0.972 bits per heavy atom. The number of benzene rings is 3. The number of ether oxygens (including phenoxy) is 3. The lowest BCUT2D eigenvalue weighted by Crippen LogP contribution is -2.29. The van der Waals surface area contributed by atoms with Crippen LogP contribution in [0.5, 0.6) is 17.2 Å². The summed E-state index contributed by atoms with van der Waals surface area (Å²) >= 11 is 5.91. The molecule has 0 spiro atoms. The van der Waals surface area contributed by atoms with E-state index in [9.17, 15) is 13.2 Å². The molecule has 1 heterocycles. The molecule has 0 atom stereocenters. The van der Waals surface area contributed by atoms with Crippen LogP contribution in [-0.2, 0) is 23.0 Å². The monoisotopic (exact) mass is 530 g/mol. The highest BCUT2D eigenvalue weighted by molar-refractivity contribution is 7.92. The fraction of sp³-hybridized carbons (Fsp3) is 0.269. The van der Waals surface area contributed by atoms with E-state index in [1.807, 2.05) is 0 Å². The highest BCUT2D eigenvalue weighted by atomic mass is 35.5. The van der Waals surface area contributed by atoms with Crippen LogP contribution < -0.4 is 18.5 Å². The maximum atomic E-state index is 13.2. The van der Waals surface area contributed by atoms with E-state index in [4.69, 9.17) is 25.8 Å². The second-order valence-corrected chi connectivity index (χ2v) is 10.6. The first-order valence-electron chi connectivity index (χ1n) is 11.1. The lowest BCUT2D eigenvalue weighted by molar-refractivity contribution is 0.0784. The number of amides is 1. The molecule has 0 saturated heterocycles. The first-order valence-corrected chi connectivity index (χ1v) is 13.0. The van der Waals surface area contributed by atoms with Gasteiger partial charge in [0, 0.05) is 30.7 Å². The van der Waals surface area contributed by atoms with Crippen molar-refractivity contribution in [3.8, 4) is 17.2 Å². The van der Waals surface area contributed by atoms with Crippen LogP contribution >= 0.6 is 11.6 Å². The predicted molar refractivity (Wildman–Crippen MR) is 138 cm³/mol. The van der Waals surface area contributed by atoms with Gasteiger partial charge in [-0.2, -0.15) is 0 Å². The van der Waals surface area contributed by atoms with Gasteiger partial charge in [0.05, 0.1) is 31.9 Å². The molecule has 0 radical (unpaired) electrons. The van der Waals surface area contributed by atoms with Crippen molar-refractivity contribution in [2.75, 3.05) is 39.2 Å². The average Bonchev–Trinajstić information content (AvgIpc) is 3.32. The maximum absolute atomic E-state index is 13.2. The number of sulfonamides is 1. The van der Waals surface area contributed by atoms with Crippen molar-refractivity contribution in [1.82, 2.24) is 4.90 Å². The summed E-state index contributed by atoms with van der Waals surface area (Å²) in [5.41, 5.74) is 2.67. The van der Waals surface area contributed by atoms with E-state index in [0.717, 1.165) is 11.1 Å². The van der Waals surface area contributed by atoms with Crippen LogP contribution in [0.4, 0.5) is 5.69 Å². The third-order valence-corrected chi connectivity index (χ3v) is 8.15. The van der Waals surface area contributed by atoms with Crippen LogP contribution in [0.2, 0.25) is 5.02 Å². The van der Waals surface area contributed by atoms with Gasteiger partial charge in [-0.05, 0) is 72.1 Å². The molecule has 8 nitrogen and oxygen atoms in total. The number of hydrogen-bond acceptors (Lipinski definition) is 6. The first kappa shape index (κ1) is 25.7. The smallest absolute Gasteiger partial charge is 0.264 e. The van der Waals surface area contributed by atoms with Crippen molar-refractivity contribution in [2.45, 2.75) is 17.9 Å². The van der Waals surface area contributed by atoms with Crippen molar-refractivity contribution in [1.29, 1.82) is 0 Å². The summed E-state index contributed by atoms with van der Waals surface area (Å²) in [4.78, 5) is 15.0. The number of carbonyl (C=O) groups is 1. The molecule has 0 unspecified atom stereocenters. The number of halogens is 1. The largest absolute Gasteiger partial charge is 0.493 e. The summed E-state index contributed by atoms with van der Waals surface area (Å²) in [5, 5.41) is 0.467. The highest BCUT2D eigenvalue weighted by Crippen LogP contribution is 2.39. The Morgan fingerprint density at radius 3 is 2.19 bits per heavy atom. The SMILES string of the molecule is COc1cc(CN(C)C(=O)c2ccc3c(c2)CCN3S(=O)(=O)c2ccc(Cl)cc2)cc(OC)c1OC. The molecular weight excluding hydrogens is 504 g/mol. The van der Waals surface area contributed by atoms with Crippen molar-refractivity contribution in [3.63, 3.8) is 0 Å². The molecule has 3 aromatic carbocycles. The zero-order chi connectivity index (χ0) is 26.0. The Labute approximate surface area is 216 Å². The Kier molecular flexibility index (Phi) is 7.33. The molecule has 0 aromatic heterocycles. The normalized spacial score (nSPS) is 12.8. The maximum Gasteiger partial charge on any atom is 0.264 e. The van der Waals surface area contributed by atoms with Gasteiger partial charge in [0.2, 0.25) is 5.75 Å². The van der Waals surface area contributed by atoms with Gasteiger partial charge in [-0.25, -0.2) is 8.42 Å². The lowest BCUT2D eigenvalue weighted by Gasteiger charge is -2.21. The lowest BCUT2D eigenvalue weighted by atomic mass is 10.1. The second kappa shape index (κ2) is 10.3. The molecule has 0 aliphatic carbocycles. The summed E-state index contributed by atoms with van der Waals surface area (Å²) in [6, 6.07) is 14.8. The molecule has 0 saturated carbocycles. The Morgan fingerprint density at radius 2 is 1.61 bits per heavy atom. The molecule has 1 aliphatic rings. The van der Waals surface area contributed by atoms with E-state index < -0.39 is 10.0 Å². The summed E-state index contributed by atoms with van der Waals surface area (Å²) in [7, 11) is 2.58. The summed E-state index contributed by atoms with van der Waals surface area (Å²) in [6.45, 7) is 0.614. The number of methoxy groups -OCH3 is 3. The number of anilines is 1. The van der Waals surface area contributed by atoms with Crippen LogP contribution in [0.25, 0.3) is 0 Å². The fourth-order valence-electron chi connectivity index (χ4n) is 4.28. The minimum atomic E-state index is -3.73. The van der Waals surface area contributed by atoms with Crippen LogP contribution in [-0.4, -0.2) is 54.1 Å². The third kappa shape index (κ3) is 4.81. The van der Waals surface area contributed by atoms with E-state index in [2.05, 4.69) is 0 Å². The molecular formula is C26H27ClN2O6S. The summed E-state index contributed by atoms with van der Waals surface area (Å²) in [6.07, 6.45) is 0.514. The number of hydrogen-bond donors (Lipinski definition) is 0. The van der Waals surface area contributed by atoms with Crippen LogP contribution in [0.15, 0.2) is 59.5 Å². The van der Waals surface area contributed by atoms with Crippen molar-refractivity contribution in [3.05, 3.63) is 76.3 Å². The molecule has 0 N–H and O–H groups in total. The van der Waals surface area contributed by atoms with Gasteiger partial charge in [0.1, 0.15) is 0 Å². The predicted octanol–water partition coefficient (Wildman–Crippen LogP) is 4.39. The van der Waals surface area contributed by atoms with Crippen molar-refractivity contribution >= 4 is 33.2 Å². The Bertz CT molecular complexity index is 1370. The number of fused-ring (bicyclic) bond motifs is 1. The number of rotatable bonds is 8. The quantitative estimate of drug-likeness (QED) is 0.429. The van der Waals surface area contributed by atoms with Gasteiger partial charge in [0.25, 0.3) is 15.9 Å². The van der Waals surface area contributed by atoms with E-state index in [1.165, 1.54) is 37.8 Å². The Hall–Kier alpha value is -3.43. The molecule has 36 heavy (non-hydrogen) atoms. The van der Waals surface area contributed by atoms with Crippen molar-refractivity contribution in [2.24, 2.45) is 0 Å². The molecule has 3 aromatic rings. The zero-order valence-electron chi connectivity index (χ0n) is 20.4. The standard InChI is InChI=1S/C26H27ClN2O6S/c1-28(16-17-13-23(33-2)25(35-4)24(14-17)34-3)26(30)19-5-10-22-18(15-19)11-12-29(22)36(31,32)21-8-6-20(27)7-9-21/h5-10,13-15H,11-12,16H2,1-4H3. The molecule has 1 amide bonds. The molecule has 10 heteroatoms. The van der Waals surface area contributed by atoms with E-state index in [1.54, 1.807) is 54.4 Å². The number of nitrogens with zero attached hydrogens (tertiary/aromatic N) is 2. The van der Waals surface area contributed by atoms with Gasteiger partial charge in [-0.1, -0.05) is 11.6 Å². The van der Waals surface area contributed by atoms with E-state index in [-0.39, 0.29) is 10.8 Å². The third-order valence-electron chi connectivity index (χ3n) is 6.07. The van der Waals surface area contributed by atoms with Crippen LogP contribution in [0.1, 0.15) is 21.5 Å². The molecule has 190 valence electrons. The first-order chi connectivity index (χ1) is 17.2. The van der Waals surface area contributed by atoms with Gasteiger partial charge in [0.15, 0.2) is 11.5 Å². The molecule has 0 bridgehead atoms. The topological polar surface area (TPSA) is 85.4 Å². The summed E-state index contributed by atoms with van der Waals surface area (Å²) < 4.78 is 43.9. The molecule has 0 fully saturated rings. The van der Waals surface area contributed by atoms with Crippen LogP contribution in [0.3, 0.4) is 0 Å². The number of carbonyl (C=O) groups excluding carboxylic acids is 1. The van der Waals surface area contributed by atoms with E-state index >= 15 is 0 Å². The van der Waals surface area contributed by atoms with Gasteiger partial charge < -0.3 is 19.1 Å². The van der Waals surface area contributed by atoms with Gasteiger partial charge in [-0.3, -0.25) is 9.10 Å². The molecule has 4 rings (SSSR count). The fourth-order valence-corrected chi connectivity index (χ4v) is 5.91. The average molecular weight is 531 g/mol. The van der Waals surface area contributed by atoms with E-state index in [0.29, 0.717) is 53.0 Å². The summed E-state index contributed by atoms with van der Waals surface area (Å²) in [5.74, 6) is 1.31. The second-order valence-electron chi connectivity index (χ2n) is 8.32. The van der Waals surface area contributed by atoms with Crippen molar-refractivity contribution < 1.29 is 27.4 Å². The highest BCUT2D eigenvalue weighted by Gasteiger charge is 2.31.